The fraction of sp³-hybridized carbons (Fsp3) is 0. The molecule has 1 heterocycles. The number of phenolic OH excluding ortho intramolecular Hbond substituents is 2. The number of phenols is 2. The van der Waals surface area contributed by atoms with E-state index in [1.807, 2.05) is 0 Å². The standard InChI is InChI=1S/C16H11NO5/c18-10-6-4-9(5-7-10)12-8-14(20)15-11(17(12)16(21)22)2-1-3-13(15)19/h1-8,18-19H,(H,21,22). The molecule has 6 heteroatoms. The fourth-order valence-corrected chi connectivity index (χ4v) is 2.41. The third kappa shape index (κ3) is 2.07. The quantitative estimate of drug-likeness (QED) is 0.641. The Morgan fingerprint density at radius 1 is 1.00 bits per heavy atom. The average Bonchev–Trinajstić information content (AvgIpc) is 2.47. The van der Waals surface area contributed by atoms with Crippen LogP contribution in [0, 0.1) is 0 Å². The number of hydrogen-bond donors (Lipinski definition) is 3. The molecule has 0 unspecified atom stereocenters. The summed E-state index contributed by atoms with van der Waals surface area (Å²) in [5, 5.41) is 28.6. The van der Waals surface area contributed by atoms with E-state index in [0.717, 1.165) is 10.6 Å². The van der Waals surface area contributed by atoms with E-state index in [-0.39, 0.29) is 28.1 Å². The van der Waals surface area contributed by atoms with Gasteiger partial charge in [-0.05, 0) is 42.0 Å². The minimum atomic E-state index is -1.28. The van der Waals surface area contributed by atoms with Crippen molar-refractivity contribution < 1.29 is 20.1 Å². The molecule has 0 aliphatic heterocycles. The predicted molar refractivity (Wildman–Crippen MR) is 80.4 cm³/mol. The number of nitrogens with zero attached hydrogens (tertiary/aromatic N) is 1. The van der Waals surface area contributed by atoms with Gasteiger partial charge in [0.15, 0.2) is 5.43 Å². The van der Waals surface area contributed by atoms with Crippen LogP contribution in [0.25, 0.3) is 22.2 Å². The minimum Gasteiger partial charge on any atom is -0.508 e. The first-order valence-corrected chi connectivity index (χ1v) is 6.39. The maximum absolute atomic E-state index is 12.2. The van der Waals surface area contributed by atoms with Crippen LogP contribution in [0.2, 0.25) is 0 Å². The molecule has 0 bridgehead atoms. The van der Waals surface area contributed by atoms with Gasteiger partial charge < -0.3 is 15.3 Å². The van der Waals surface area contributed by atoms with Crippen molar-refractivity contribution >= 4 is 17.0 Å². The number of aromatic nitrogens is 1. The first kappa shape index (κ1) is 13.7. The van der Waals surface area contributed by atoms with E-state index >= 15 is 0 Å². The van der Waals surface area contributed by atoms with Crippen LogP contribution in [0.15, 0.2) is 53.3 Å². The molecule has 0 radical (unpaired) electrons. The molecule has 0 saturated carbocycles. The molecule has 1 aromatic heterocycles. The molecule has 3 N–H and O–H groups in total. The van der Waals surface area contributed by atoms with E-state index in [2.05, 4.69) is 0 Å². The lowest BCUT2D eigenvalue weighted by molar-refractivity contribution is 0.197. The Bertz CT molecular complexity index is 941. The normalized spacial score (nSPS) is 10.7. The summed E-state index contributed by atoms with van der Waals surface area (Å²) in [5.41, 5.74) is 0.245. The van der Waals surface area contributed by atoms with Crippen LogP contribution in [0.1, 0.15) is 0 Å². The first-order chi connectivity index (χ1) is 10.5. The van der Waals surface area contributed by atoms with Gasteiger partial charge in [-0.1, -0.05) is 6.07 Å². The van der Waals surface area contributed by atoms with Gasteiger partial charge in [0, 0.05) is 6.07 Å². The molecule has 0 spiro atoms. The molecule has 3 rings (SSSR count). The van der Waals surface area contributed by atoms with Gasteiger partial charge in [0.1, 0.15) is 11.5 Å². The zero-order chi connectivity index (χ0) is 15.9. The highest BCUT2D eigenvalue weighted by atomic mass is 16.4. The summed E-state index contributed by atoms with van der Waals surface area (Å²) >= 11 is 0. The number of carbonyl (C=O) groups is 1. The SMILES string of the molecule is O=C(O)n1c(-c2ccc(O)cc2)cc(=O)c2c(O)cccc21. The Morgan fingerprint density at radius 2 is 1.68 bits per heavy atom. The highest BCUT2D eigenvalue weighted by Crippen LogP contribution is 2.27. The number of aromatic hydroxyl groups is 2. The van der Waals surface area contributed by atoms with Gasteiger partial charge in [-0.2, -0.15) is 0 Å². The van der Waals surface area contributed by atoms with Crippen LogP contribution in [0.5, 0.6) is 11.5 Å². The highest BCUT2D eigenvalue weighted by molar-refractivity contribution is 5.94. The maximum atomic E-state index is 12.2. The number of benzene rings is 2. The van der Waals surface area contributed by atoms with Crippen molar-refractivity contribution in [1.29, 1.82) is 0 Å². The molecule has 0 amide bonds. The van der Waals surface area contributed by atoms with E-state index < -0.39 is 11.5 Å². The summed E-state index contributed by atoms with van der Waals surface area (Å²) in [4.78, 5) is 23.8. The van der Waals surface area contributed by atoms with Gasteiger partial charge in [0.25, 0.3) is 0 Å². The Kier molecular flexibility index (Phi) is 3.06. The van der Waals surface area contributed by atoms with Gasteiger partial charge in [-0.3, -0.25) is 4.79 Å². The molecule has 22 heavy (non-hydrogen) atoms. The lowest BCUT2D eigenvalue weighted by Gasteiger charge is -2.13. The second-order valence-corrected chi connectivity index (χ2v) is 4.73. The Morgan fingerprint density at radius 3 is 2.32 bits per heavy atom. The van der Waals surface area contributed by atoms with E-state index in [0.29, 0.717) is 5.56 Å². The van der Waals surface area contributed by atoms with Crippen molar-refractivity contribution in [2.45, 2.75) is 0 Å². The van der Waals surface area contributed by atoms with Crippen LogP contribution in [-0.4, -0.2) is 26.0 Å². The lowest BCUT2D eigenvalue weighted by Crippen LogP contribution is -2.17. The monoisotopic (exact) mass is 297 g/mol. The van der Waals surface area contributed by atoms with E-state index in [9.17, 15) is 24.9 Å². The van der Waals surface area contributed by atoms with Gasteiger partial charge in [0.05, 0.1) is 16.6 Å². The number of hydrogen-bond acceptors (Lipinski definition) is 4. The molecular formula is C16H11NO5. The summed E-state index contributed by atoms with van der Waals surface area (Å²) in [6, 6.07) is 11.2. The van der Waals surface area contributed by atoms with Crippen LogP contribution >= 0.6 is 0 Å². The molecule has 6 nitrogen and oxygen atoms in total. The van der Waals surface area contributed by atoms with Crippen molar-refractivity contribution in [2.24, 2.45) is 0 Å². The van der Waals surface area contributed by atoms with Crippen LogP contribution in [0.4, 0.5) is 4.79 Å². The smallest absolute Gasteiger partial charge is 0.416 e. The Labute approximate surface area is 124 Å². The number of fused-ring (bicyclic) bond motifs is 1. The largest absolute Gasteiger partial charge is 0.508 e. The van der Waals surface area contributed by atoms with Gasteiger partial charge >= 0.3 is 6.09 Å². The Balaban J connectivity index is 2.45. The molecule has 0 fully saturated rings. The fourth-order valence-electron chi connectivity index (χ4n) is 2.41. The molecule has 3 aromatic rings. The van der Waals surface area contributed by atoms with Crippen molar-refractivity contribution in [3.8, 4) is 22.8 Å². The van der Waals surface area contributed by atoms with Crippen LogP contribution in [0.3, 0.4) is 0 Å². The van der Waals surface area contributed by atoms with Crippen molar-refractivity contribution in [2.75, 3.05) is 0 Å². The number of carboxylic acid groups (broad SMARTS) is 1. The molecule has 2 aromatic carbocycles. The summed E-state index contributed by atoms with van der Waals surface area (Å²) in [6.07, 6.45) is -1.28. The van der Waals surface area contributed by atoms with E-state index in [1.165, 1.54) is 42.5 Å². The van der Waals surface area contributed by atoms with Gasteiger partial charge in [-0.25, -0.2) is 9.36 Å². The molecule has 110 valence electrons. The second-order valence-electron chi connectivity index (χ2n) is 4.73. The first-order valence-electron chi connectivity index (χ1n) is 6.39. The number of pyridine rings is 1. The maximum Gasteiger partial charge on any atom is 0.416 e. The molecule has 0 atom stereocenters. The lowest BCUT2D eigenvalue weighted by atomic mass is 10.1. The third-order valence-electron chi connectivity index (χ3n) is 3.37. The molecule has 0 saturated heterocycles. The highest BCUT2D eigenvalue weighted by Gasteiger charge is 2.17. The van der Waals surface area contributed by atoms with Gasteiger partial charge in [0.2, 0.25) is 0 Å². The van der Waals surface area contributed by atoms with Crippen LogP contribution in [-0.2, 0) is 0 Å². The topological polar surface area (TPSA) is 99.8 Å². The second kappa shape index (κ2) is 4.92. The third-order valence-corrected chi connectivity index (χ3v) is 3.37. The zero-order valence-electron chi connectivity index (χ0n) is 11.2. The zero-order valence-corrected chi connectivity index (χ0v) is 11.2. The molecular weight excluding hydrogens is 286 g/mol. The van der Waals surface area contributed by atoms with E-state index in [1.54, 1.807) is 0 Å². The summed E-state index contributed by atoms with van der Waals surface area (Å²) in [5.74, 6) is -0.235. The molecule has 0 aliphatic rings. The van der Waals surface area contributed by atoms with Crippen molar-refractivity contribution in [1.82, 2.24) is 4.57 Å². The van der Waals surface area contributed by atoms with E-state index in [4.69, 9.17) is 0 Å². The Hall–Kier alpha value is -3.28. The minimum absolute atomic E-state index is 0.0337. The summed E-state index contributed by atoms with van der Waals surface area (Å²) < 4.78 is 0.933. The average molecular weight is 297 g/mol. The van der Waals surface area contributed by atoms with Gasteiger partial charge in [-0.15, -0.1) is 0 Å². The number of rotatable bonds is 1. The predicted octanol–water partition coefficient (Wildman–Crippen LogP) is 2.61. The van der Waals surface area contributed by atoms with Crippen molar-refractivity contribution in [3.05, 3.63) is 58.8 Å². The molecule has 0 aliphatic carbocycles. The summed E-state index contributed by atoms with van der Waals surface area (Å²) in [7, 11) is 0. The summed E-state index contributed by atoms with van der Waals surface area (Å²) in [6.45, 7) is 0. The van der Waals surface area contributed by atoms with Crippen molar-refractivity contribution in [3.63, 3.8) is 0 Å². The van der Waals surface area contributed by atoms with Crippen LogP contribution < -0.4 is 5.43 Å².